The van der Waals surface area contributed by atoms with Gasteiger partial charge in [0.1, 0.15) is 0 Å². The summed E-state index contributed by atoms with van der Waals surface area (Å²) in [5.74, 6) is 0. The number of nitrogens with zero attached hydrogens (tertiary/aromatic N) is 2. The Bertz CT molecular complexity index is 264. The molecule has 1 aliphatic heterocycles. The van der Waals surface area contributed by atoms with Gasteiger partial charge in [-0.1, -0.05) is 0 Å². The molecule has 2 N–H and O–H groups in total. The van der Waals surface area contributed by atoms with Gasteiger partial charge in [0.05, 0.1) is 0 Å². The lowest BCUT2D eigenvalue weighted by molar-refractivity contribution is 0.270. The van der Waals surface area contributed by atoms with Crippen molar-refractivity contribution in [3.05, 3.63) is 18.0 Å². The third kappa shape index (κ3) is 1.12. The summed E-state index contributed by atoms with van der Waals surface area (Å²) in [6.45, 7) is 3.22. The van der Waals surface area contributed by atoms with Crippen LogP contribution in [0.2, 0.25) is 0 Å². The molecule has 60 valence electrons. The number of hydrogen-bond donors (Lipinski definition) is 1. The van der Waals surface area contributed by atoms with E-state index in [2.05, 4.69) is 22.6 Å². The van der Waals surface area contributed by atoms with Crippen molar-refractivity contribution in [2.45, 2.75) is 13.1 Å². The second-order valence-electron chi connectivity index (χ2n) is 3.20. The zero-order valence-corrected chi connectivity index (χ0v) is 6.75. The number of hydrogen-bond acceptors (Lipinski definition) is 2. The zero-order valence-electron chi connectivity index (χ0n) is 6.75. The largest absolute Gasteiger partial charge is 0.397 e. The molecule has 3 heteroatoms. The molecule has 0 radical (unpaired) electrons. The molecule has 3 nitrogen and oxygen atoms in total. The summed E-state index contributed by atoms with van der Waals surface area (Å²) in [6.07, 6.45) is 2.02. The highest BCUT2D eigenvalue weighted by Crippen LogP contribution is 2.15. The van der Waals surface area contributed by atoms with E-state index in [0.29, 0.717) is 0 Å². The summed E-state index contributed by atoms with van der Waals surface area (Å²) in [4.78, 5) is 2.30. The second kappa shape index (κ2) is 2.27. The van der Waals surface area contributed by atoms with Crippen molar-refractivity contribution in [1.82, 2.24) is 9.47 Å². The predicted octanol–water partition coefficient (Wildman–Crippen LogP) is 0.516. The number of nitrogen functional groups attached to an aromatic ring is 1. The highest BCUT2D eigenvalue weighted by molar-refractivity contribution is 5.39. The normalized spacial score (nSPS) is 18.3. The molecule has 1 aromatic rings. The highest BCUT2D eigenvalue weighted by Gasteiger charge is 2.12. The van der Waals surface area contributed by atoms with E-state index < -0.39 is 0 Å². The molecular weight excluding hydrogens is 138 g/mol. The van der Waals surface area contributed by atoms with Crippen LogP contribution in [0.5, 0.6) is 0 Å². The Labute approximate surface area is 66.4 Å². The first-order valence-electron chi connectivity index (χ1n) is 3.89. The van der Waals surface area contributed by atoms with Crippen LogP contribution in [0.1, 0.15) is 5.69 Å². The van der Waals surface area contributed by atoms with Gasteiger partial charge < -0.3 is 10.3 Å². The van der Waals surface area contributed by atoms with Crippen molar-refractivity contribution in [1.29, 1.82) is 0 Å². The topological polar surface area (TPSA) is 34.2 Å². The molecule has 0 aromatic carbocycles. The van der Waals surface area contributed by atoms with Gasteiger partial charge >= 0.3 is 0 Å². The first-order chi connectivity index (χ1) is 5.25. The fraction of sp³-hybridized carbons (Fsp3) is 0.500. The van der Waals surface area contributed by atoms with Gasteiger partial charge in [-0.15, -0.1) is 0 Å². The molecule has 2 rings (SSSR count). The molecule has 1 aliphatic rings. The second-order valence-corrected chi connectivity index (χ2v) is 3.20. The van der Waals surface area contributed by atoms with E-state index in [-0.39, 0.29) is 0 Å². The van der Waals surface area contributed by atoms with Gasteiger partial charge in [0, 0.05) is 37.2 Å². The van der Waals surface area contributed by atoms with E-state index in [4.69, 9.17) is 5.73 Å². The molecular formula is C8H13N3. The van der Waals surface area contributed by atoms with Gasteiger partial charge in [-0.05, 0) is 13.1 Å². The van der Waals surface area contributed by atoms with E-state index in [1.807, 2.05) is 6.20 Å². The number of rotatable bonds is 0. The SMILES string of the molecule is CN1CCn2cc(N)cc2C1. The number of nitrogens with two attached hydrogens (primary N) is 1. The van der Waals surface area contributed by atoms with E-state index in [9.17, 15) is 0 Å². The Balaban J connectivity index is 2.34. The Morgan fingerprint density at radius 2 is 2.27 bits per heavy atom. The third-order valence-electron chi connectivity index (χ3n) is 2.16. The lowest BCUT2D eigenvalue weighted by Gasteiger charge is -2.24. The van der Waals surface area contributed by atoms with Crippen molar-refractivity contribution < 1.29 is 0 Å². The molecule has 0 spiro atoms. The first kappa shape index (κ1) is 6.73. The Morgan fingerprint density at radius 1 is 1.45 bits per heavy atom. The average Bonchev–Trinajstić information content (AvgIpc) is 2.27. The van der Waals surface area contributed by atoms with E-state index in [1.54, 1.807) is 0 Å². The van der Waals surface area contributed by atoms with Gasteiger partial charge in [-0.25, -0.2) is 0 Å². The maximum atomic E-state index is 5.66. The van der Waals surface area contributed by atoms with Crippen molar-refractivity contribution in [2.24, 2.45) is 0 Å². The number of anilines is 1. The summed E-state index contributed by atoms with van der Waals surface area (Å²) in [5, 5.41) is 0. The molecule has 0 bridgehead atoms. The quantitative estimate of drug-likeness (QED) is 0.586. The average molecular weight is 151 g/mol. The monoisotopic (exact) mass is 151 g/mol. The van der Waals surface area contributed by atoms with Crippen molar-refractivity contribution in [2.75, 3.05) is 19.3 Å². The standard InChI is InChI=1S/C8H13N3/c1-10-2-3-11-5-7(9)4-8(11)6-10/h4-5H,2-3,6,9H2,1H3. The van der Waals surface area contributed by atoms with Gasteiger partial charge in [-0.3, -0.25) is 4.90 Å². The molecule has 0 fully saturated rings. The maximum absolute atomic E-state index is 5.66. The minimum Gasteiger partial charge on any atom is -0.397 e. The minimum atomic E-state index is 0.885. The van der Waals surface area contributed by atoms with Crippen LogP contribution in [-0.2, 0) is 13.1 Å². The maximum Gasteiger partial charge on any atom is 0.0497 e. The van der Waals surface area contributed by atoms with E-state index >= 15 is 0 Å². The van der Waals surface area contributed by atoms with Crippen LogP contribution in [0.4, 0.5) is 5.69 Å². The molecule has 0 unspecified atom stereocenters. The van der Waals surface area contributed by atoms with E-state index in [1.165, 1.54) is 5.69 Å². The van der Waals surface area contributed by atoms with Crippen LogP contribution >= 0.6 is 0 Å². The third-order valence-corrected chi connectivity index (χ3v) is 2.16. The van der Waals surface area contributed by atoms with Crippen LogP contribution in [-0.4, -0.2) is 23.1 Å². The summed E-state index contributed by atoms with van der Waals surface area (Å²) >= 11 is 0. The molecule has 0 amide bonds. The number of likely N-dealkylation sites (N-methyl/N-ethyl adjacent to an activating group) is 1. The molecule has 0 saturated carbocycles. The van der Waals surface area contributed by atoms with Crippen LogP contribution < -0.4 is 5.73 Å². The highest BCUT2D eigenvalue weighted by atomic mass is 15.2. The van der Waals surface area contributed by atoms with E-state index in [0.717, 1.165) is 25.3 Å². The van der Waals surface area contributed by atoms with Gasteiger partial charge in [0.2, 0.25) is 0 Å². The summed E-state index contributed by atoms with van der Waals surface area (Å²) < 4.78 is 2.23. The minimum absolute atomic E-state index is 0.885. The van der Waals surface area contributed by atoms with Crippen molar-refractivity contribution in [3.8, 4) is 0 Å². The molecule has 1 aromatic heterocycles. The smallest absolute Gasteiger partial charge is 0.0497 e. The van der Waals surface area contributed by atoms with Gasteiger partial charge in [0.25, 0.3) is 0 Å². The van der Waals surface area contributed by atoms with Gasteiger partial charge in [-0.2, -0.15) is 0 Å². The first-order valence-corrected chi connectivity index (χ1v) is 3.89. The summed E-state index contributed by atoms with van der Waals surface area (Å²) in [7, 11) is 2.13. The van der Waals surface area contributed by atoms with Crippen LogP contribution in [0.15, 0.2) is 12.3 Å². The zero-order chi connectivity index (χ0) is 7.84. The van der Waals surface area contributed by atoms with Crippen LogP contribution in [0.3, 0.4) is 0 Å². The molecule has 0 atom stereocenters. The lowest BCUT2D eigenvalue weighted by Crippen LogP contribution is -2.29. The summed E-state index contributed by atoms with van der Waals surface area (Å²) in [6, 6.07) is 2.05. The molecule has 11 heavy (non-hydrogen) atoms. The predicted molar refractivity (Wildman–Crippen MR) is 45.2 cm³/mol. The number of aromatic nitrogens is 1. The van der Waals surface area contributed by atoms with Crippen molar-refractivity contribution in [3.63, 3.8) is 0 Å². The lowest BCUT2D eigenvalue weighted by atomic mass is 10.3. The van der Waals surface area contributed by atoms with Crippen LogP contribution in [0.25, 0.3) is 0 Å². The van der Waals surface area contributed by atoms with Gasteiger partial charge in [0.15, 0.2) is 0 Å². The Kier molecular flexibility index (Phi) is 1.39. The van der Waals surface area contributed by atoms with Crippen LogP contribution in [0, 0.1) is 0 Å². The Hall–Kier alpha value is -0.960. The van der Waals surface area contributed by atoms with Crippen molar-refractivity contribution >= 4 is 5.69 Å². The fourth-order valence-electron chi connectivity index (χ4n) is 1.55. The fourth-order valence-corrected chi connectivity index (χ4v) is 1.55. The summed E-state index contributed by atoms with van der Waals surface area (Å²) in [5.41, 5.74) is 7.88. The molecule has 0 saturated heterocycles. The Morgan fingerprint density at radius 3 is 3.09 bits per heavy atom. The number of fused-ring (bicyclic) bond motifs is 1. The molecule has 0 aliphatic carbocycles. The molecule has 2 heterocycles.